The predicted octanol–water partition coefficient (Wildman–Crippen LogP) is 3.49. The first-order valence-electron chi connectivity index (χ1n) is 7.01. The van der Waals surface area contributed by atoms with Crippen molar-refractivity contribution in [3.8, 4) is 0 Å². The first kappa shape index (κ1) is 17.2. The number of ether oxygens (including phenoxy) is 1. The van der Waals surface area contributed by atoms with Crippen molar-refractivity contribution in [3.05, 3.63) is 29.3 Å². The standard InChI is InChI=1S/C16H26O3S/c1-13-8-9-14(16(2,3)4)12-15(13)20(17,18)11-7-6-10-19-5/h8-9,12H,6-7,10-11H2,1-5H3. The van der Waals surface area contributed by atoms with Crippen molar-refractivity contribution in [1.29, 1.82) is 0 Å². The molecule has 0 saturated heterocycles. The molecule has 3 nitrogen and oxygen atoms in total. The quantitative estimate of drug-likeness (QED) is 0.755. The third-order valence-electron chi connectivity index (χ3n) is 3.40. The molecule has 0 saturated carbocycles. The van der Waals surface area contributed by atoms with Crippen LogP contribution in [0.5, 0.6) is 0 Å². The van der Waals surface area contributed by atoms with Crippen LogP contribution in [-0.2, 0) is 20.0 Å². The van der Waals surface area contributed by atoms with E-state index in [9.17, 15) is 8.42 Å². The number of hydrogen-bond donors (Lipinski definition) is 0. The fourth-order valence-corrected chi connectivity index (χ4v) is 3.72. The van der Waals surface area contributed by atoms with Crippen molar-refractivity contribution in [2.75, 3.05) is 19.5 Å². The number of hydrogen-bond acceptors (Lipinski definition) is 3. The van der Waals surface area contributed by atoms with E-state index in [1.165, 1.54) is 0 Å². The Balaban J connectivity index is 2.99. The zero-order valence-corrected chi connectivity index (χ0v) is 14.0. The van der Waals surface area contributed by atoms with Crippen molar-refractivity contribution in [1.82, 2.24) is 0 Å². The molecule has 0 fully saturated rings. The fraction of sp³-hybridized carbons (Fsp3) is 0.625. The Bertz CT molecular complexity index is 539. The predicted molar refractivity (Wildman–Crippen MR) is 83.0 cm³/mol. The van der Waals surface area contributed by atoms with Crippen LogP contribution in [0.2, 0.25) is 0 Å². The highest BCUT2D eigenvalue weighted by atomic mass is 32.2. The van der Waals surface area contributed by atoms with Gasteiger partial charge in [-0.3, -0.25) is 0 Å². The van der Waals surface area contributed by atoms with Crippen LogP contribution in [0.4, 0.5) is 0 Å². The summed E-state index contributed by atoms with van der Waals surface area (Å²) in [6.07, 6.45) is 1.41. The summed E-state index contributed by atoms with van der Waals surface area (Å²) in [5.74, 6) is 0.185. The minimum absolute atomic E-state index is 0.0476. The molecule has 0 unspecified atom stereocenters. The molecule has 0 atom stereocenters. The van der Waals surface area contributed by atoms with Gasteiger partial charge in [0.05, 0.1) is 10.6 Å². The molecule has 0 N–H and O–H groups in total. The molecule has 0 aromatic heterocycles. The van der Waals surface area contributed by atoms with E-state index in [2.05, 4.69) is 20.8 Å². The van der Waals surface area contributed by atoms with Crippen LogP contribution in [0.15, 0.2) is 23.1 Å². The van der Waals surface area contributed by atoms with E-state index >= 15 is 0 Å². The highest BCUT2D eigenvalue weighted by Crippen LogP contribution is 2.27. The van der Waals surface area contributed by atoms with E-state index in [-0.39, 0.29) is 11.2 Å². The second-order valence-corrected chi connectivity index (χ2v) is 8.33. The summed E-state index contributed by atoms with van der Waals surface area (Å²) >= 11 is 0. The van der Waals surface area contributed by atoms with Gasteiger partial charge >= 0.3 is 0 Å². The first-order chi connectivity index (χ1) is 9.18. The maximum Gasteiger partial charge on any atom is 0.178 e. The van der Waals surface area contributed by atoms with E-state index < -0.39 is 9.84 Å². The Morgan fingerprint density at radius 1 is 1.15 bits per heavy atom. The molecular weight excluding hydrogens is 272 g/mol. The zero-order valence-electron chi connectivity index (χ0n) is 13.2. The SMILES string of the molecule is COCCCCS(=O)(=O)c1cc(C(C)(C)C)ccc1C. The smallest absolute Gasteiger partial charge is 0.178 e. The van der Waals surface area contributed by atoms with Crippen LogP contribution in [0.25, 0.3) is 0 Å². The monoisotopic (exact) mass is 298 g/mol. The summed E-state index contributed by atoms with van der Waals surface area (Å²) in [7, 11) is -1.58. The van der Waals surface area contributed by atoms with Crippen LogP contribution in [0, 0.1) is 6.92 Å². The Kier molecular flexibility index (Phi) is 5.78. The van der Waals surface area contributed by atoms with Gasteiger partial charge in [-0.05, 0) is 42.4 Å². The number of rotatable bonds is 6. The Morgan fingerprint density at radius 3 is 2.35 bits per heavy atom. The van der Waals surface area contributed by atoms with Crippen molar-refractivity contribution in [3.63, 3.8) is 0 Å². The van der Waals surface area contributed by atoms with Crippen LogP contribution in [0.1, 0.15) is 44.7 Å². The summed E-state index contributed by atoms with van der Waals surface area (Å²) in [6.45, 7) is 8.73. The summed E-state index contributed by atoms with van der Waals surface area (Å²) in [4.78, 5) is 0.474. The molecule has 0 heterocycles. The van der Waals surface area contributed by atoms with Crippen LogP contribution < -0.4 is 0 Å². The third kappa shape index (κ3) is 4.60. The van der Waals surface area contributed by atoms with E-state index in [1.54, 1.807) is 7.11 Å². The van der Waals surface area contributed by atoms with Gasteiger partial charge < -0.3 is 4.74 Å². The van der Waals surface area contributed by atoms with E-state index in [4.69, 9.17) is 4.74 Å². The average Bonchev–Trinajstić information content (AvgIpc) is 2.33. The van der Waals surface area contributed by atoms with Gasteiger partial charge in [0, 0.05) is 13.7 Å². The molecule has 0 spiro atoms. The minimum atomic E-state index is -3.21. The molecule has 0 aliphatic heterocycles. The summed E-state index contributed by atoms with van der Waals surface area (Å²) in [5, 5.41) is 0. The molecular formula is C16H26O3S. The highest BCUT2D eigenvalue weighted by Gasteiger charge is 2.21. The highest BCUT2D eigenvalue weighted by molar-refractivity contribution is 7.91. The normalized spacial score (nSPS) is 12.7. The van der Waals surface area contributed by atoms with Gasteiger partial charge in [-0.25, -0.2) is 8.42 Å². The third-order valence-corrected chi connectivity index (χ3v) is 5.34. The van der Waals surface area contributed by atoms with E-state index in [0.717, 1.165) is 17.5 Å². The number of aryl methyl sites for hydroxylation is 1. The maximum absolute atomic E-state index is 12.5. The van der Waals surface area contributed by atoms with Gasteiger partial charge in [0.25, 0.3) is 0 Å². The summed E-state index contributed by atoms with van der Waals surface area (Å²) in [6, 6.07) is 5.75. The molecule has 114 valence electrons. The molecule has 0 aliphatic rings. The van der Waals surface area contributed by atoms with Gasteiger partial charge in [-0.1, -0.05) is 32.9 Å². The molecule has 0 aliphatic carbocycles. The fourth-order valence-electron chi connectivity index (χ4n) is 2.05. The molecule has 4 heteroatoms. The van der Waals surface area contributed by atoms with Gasteiger partial charge in [0.1, 0.15) is 0 Å². The van der Waals surface area contributed by atoms with Crippen LogP contribution in [0.3, 0.4) is 0 Å². The van der Waals surface area contributed by atoms with Crippen LogP contribution >= 0.6 is 0 Å². The Labute approximate surface area is 123 Å². The summed E-state index contributed by atoms with van der Waals surface area (Å²) < 4.78 is 29.9. The van der Waals surface area contributed by atoms with Gasteiger partial charge in [-0.2, -0.15) is 0 Å². The molecule has 0 bridgehead atoms. The molecule has 1 aromatic rings. The average molecular weight is 298 g/mol. The lowest BCUT2D eigenvalue weighted by Gasteiger charge is -2.20. The first-order valence-corrected chi connectivity index (χ1v) is 8.66. The molecule has 20 heavy (non-hydrogen) atoms. The number of unbranched alkanes of at least 4 members (excludes halogenated alkanes) is 1. The second kappa shape index (κ2) is 6.72. The molecule has 0 amide bonds. The van der Waals surface area contributed by atoms with E-state index in [0.29, 0.717) is 17.9 Å². The van der Waals surface area contributed by atoms with Crippen molar-refractivity contribution in [2.24, 2.45) is 0 Å². The van der Waals surface area contributed by atoms with Gasteiger partial charge in [0.15, 0.2) is 9.84 Å². The molecule has 0 radical (unpaired) electrons. The largest absolute Gasteiger partial charge is 0.385 e. The van der Waals surface area contributed by atoms with Gasteiger partial charge in [0.2, 0.25) is 0 Å². The van der Waals surface area contributed by atoms with Crippen molar-refractivity contribution >= 4 is 9.84 Å². The zero-order chi connectivity index (χ0) is 15.4. The number of benzene rings is 1. The lowest BCUT2D eigenvalue weighted by atomic mass is 9.87. The second-order valence-electron chi connectivity index (χ2n) is 6.25. The van der Waals surface area contributed by atoms with Crippen LogP contribution in [-0.4, -0.2) is 27.9 Å². The van der Waals surface area contributed by atoms with Crippen molar-refractivity contribution < 1.29 is 13.2 Å². The summed E-state index contributed by atoms with van der Waals surface area (Å²) in [5.41, 5.74) is 1.83. The lowest BCUT2D eigenvalue weighted by Crippen LogP contribution is -2.14. The minimum Gasteiger partial charge on any atom is -0.385 e. The van der Waals surface area contributed by atoms with Crippen molar-refractivity contribution in [2.45, 2.75) is 50.8 Å². The van der Waals surface area contributed by atoms with Gasteiger partial charge in [-0.15, -0.1) is 0 Å². The topological polar surface area (TPSA) is 43.4 Å². The molecule has 1 aromatic carbocycles. The molecule has 1 rings (SSSR count). The number of methoxy groups -OCH3 is 1. The maximum atomic E-state index is 12.5. The lowest BCUT2D eigenvalue weighted by molar-refractivity contribution is 0.194. The number of sulfone groups is 1. The Morgan fingerprint density at radius 2 is 1.80 bits per heavy atom. The van der Waals surface area contributed by atoms with E-state index in [1.807, 2.05) is 25.1 Å². The Hall–Kier alpha value is -0.870.